The van der Waals surface area contributed by atoms with Gasteiger partial charge in [0.2, 0.25) is 0 Å². The SMILES string of the molecule is CCOC(=O)[C@@H]1C=C(c2ccccc2)OC(=O)[C@@]1(CC)c1ccccc1. The molecule has 26 heavy (non-hydrogen) atoms. The van der Waals surface area contributed by atoms with Crippen molar-refractivity contribution in [3.05, 3.63) is 77.9 Å². The Labute approximate surface area is 153 Å². The van der Waals surface area contributed by atoms with Crippen LogP contribution in [0.3, 0.4) is 0 Å². The molecule has 4 heteroatoms. The zero-order valence-electron chi connectivity index (χ0n) is 15.0. The van der Waals surface area contributed by atoms with Crippen LogP contribution < -0.4 is 0 Å². The molecular weight excluding hydrogens is 328 g/mol. The number of hydrogen-bond donors (Lipinski definition) is 0. The van der Waals surface area contributed by atoms with E-state index in [1.54, 1.807) is 13.0 Å². The fourth-order valence-corrected chi connectivity index (χ4v) is 3.51. The monoisotopic (exact) mass is 350 g/mol. The fourth-order valence-electron chi connectivity index (χ4n) is 3.51. The van der Waals surface area contributed by atoms with Gasteiger partial charge < -0.3 is 9.47 Å². The second kappa shape index (κ2) is 7.56. The maximum Gasteiger partial charge on any atom is 0.323 e. The molecule has 0 saturated carbocycles. The van der Waals surface area contributed by atoms with E-state index < -0.39 is 23.3 Å². The molecule has 0 saturated heterocycles. The number of carbonyl (C=O) groups is 2. The first-order valence-electron chi connectivity index (χ1n) is 8.85. The summed E-state index contributed by atoms with van der Waals surface area (Å²) in [6.45, 7) is 3.91. The molecule has 2 aromatic rings. The third-order valence-electron chi connectivity index (χ3n) is 4.86. The third-order valence-corrected chi connectivity index (χ3v) is 4.86. The summed E-state index contributed by atoms with van der Waals surface area (Å²) in [7, 11) is 0. The number of carbonyl (C=O) groups excluding carboxylic acids is 2. The highest BCUT2D eigenvalue weighted by Crippen LogP contribution is 2.44. The lowest BCUT2D eigenvalue weighted by Crippen LogP contribution is -2.49. The minimum atomic E-state index is -1.09. The van der Waals surface area contributed by atoms with Crippen LogP contribution in [0.4, 0.5) is 0 Å². The van der Waals surface area contributed by atoms with Crippen molar-refractivity contribution in [2.75, 3.05) is 6.61 Å². The lowest BCUT2D eigenvalue weighted by molar-refractivity contribution is -0.159. The summed E-state index contributed by atoms with van der Waals surface area (Å²) < 4.78 is 11.0. The van der Waals surface area contributed by atoms with Crippen molar-refractivity contribution < 1.29 is 19.1 Å². The van der Waals surface area contributed by atoms with Crippen molar-refractivity contribution in [2.45, 2.75) is 25.7 Å². The largest absolute Gasteiger partial charge is 0.465 e. The van der Waals surface area contributed by atoms with Crippen LogP contribution in [0.25, 0.3) is 5.76 Å². The van der Waals surface area contributed by atoms with Gasteiger partial charge >= 0.3 is 11.9 Å². The standard InChI is InChI=1S/C22H22O4/c1-3-22(17-13-9-6-10-14-17)18(20(23)25-4-2)15-19(26-21(22)24)16-11-7-5-8-12-16/h5-15,18H,3-4H2,1-2H3/t18-,22-/m0/s1. The van der Waals surface area contributed by atoms with E-state index in [4.69, 9.17) is 9.47 Å². The molecule has 0 spiro atoms. The van der Waals surface area contributed by atoms with Gasteiger partial charge in [-0.05, 0) is 25.0 Å². The van der Waals surface area contributed by atoms with Gasteiger partial charge in [0, 0.05) is 5.56 Å². The van der Waals surface area contributed by atoms with E-state index in [0.29, 0.717) is 12.2 Å². The van der Waals surface area contributed by atoms with Crippen LogP contribution in [0.1, 0.15) is 31.4 Å². The number of benzene rings is 2. The minimum absolute atomic E-state index is 0.257. The second-order valence-corrected chi connectivity index (χ2v) is 6.21. The lowest BCUT2D eigenvalue weighted by Gasteiger charge is -2.39. The van der Waals surface area contributed by atoms with Crippen LogP contribution in [-0.4, -0.2) is 18.5 Å². The molecule has 2 aromatic carbocycles. The summed E-state index contributed by atoms with van der Waals surface area (Å²) in [4.78, 5) is 26.0. The molecule has 1 heterocycles. The van der Waals surface area contributed by atoms with E-state index in [1.807, 2.05) is 67.6 Å². The van der Waals surface area contributed by atoms with Gasteiger partial charge in [0.1, 0.15) is 11.2 Å². The Balaban J connectivity index is 2.16. The van der Waals surface area contributed by atoms with Gasteiger partial charge in [-0.3, -0.25) is 9.59 Å². The van der Waals surface area contributed by atoms with E-state index >= 15 is 0 Å². The van der Waals surface area contributed by atoms with E-state index in [1.165, 1.54) is 0 Å². The highest BCUT2D eigenvalue weighted by Gasteiger charge is 2.53. The first-order chi connectivity index (χ1) is 12.6. The molecule has 2 atom stereocenters. The zero-order chi connectivity index (χ0) is 18.6. The Bertz CT molecular complexity index is 811. The molecule has 1 aliphatic rings. The van der Waals surface area contributed by atoms with Crippen LogP contribution in [-0.2, 0) is 24.5 Å². The van der Waals surface area contributed by atoms with Crippen molar-refractivity contribution in [1.29, 1.82) is 0 Å². The first-order valence-corrected chi connectivity index (χ1v) is 8.85. The fraction of sp³-hybridized carbons (Fsp3) is 0.273. The molecular formula is C22H22O4. The maximum absolute atomic E-state index is 13.2. The highest BCUT2D eigenvalue weighted by molar-refractivity contribution is 5.97. The van der Waals surface area contributed by atoms with Gasteiger partial charge in [-0.2, -0.15) is 0 Å². The van der Waals surface area contributed by atoms with Crippen LogP contribution >= 0.6 is 0 Å². The predicted octanol–water partition coefficient (Wildman–Crippen LogP) is 4.11. The molecule has 0 aromatic heterocycles. The highest BCUT2D eigenvalue weighted by atomic mass is 16.5. The Hall–Kier alpha value is -2.88. The molecule has 0 amide bonds. The molecule has 0 radical (unpaired) electrons. The third kappa shape index (κ3) is 3.03. The number of rotatable bonds is 5. The van der Waals surface area contributed by atoms with Crippen LogP contribution in [0.5, 0.6) is 0 Å². The Kier molecular flexibility index (Phi) is 5.21. The molecule has 0 bridgehead atoms. The predicted molar refractivity (Wildman–Crippen MR) is 99.0 cm³/mol. The molecule has 0 N–H and O–H groups in total. The zero-order valence-corrected chi connectivity index (χ0v) is 15.0. The van der Waals surface area contributed by atoms with Crippen LogP contribution in [0.15, 0.2) is 66.7 Å². The van der Waals surface area contributed by atoms with Crippen LogP contribution in [0.2, 0.25) is 0 Å². The van der Waals surface area contributed by atoms with Crippen molar-refractivity contribution in [3.8, 4) is 0 Å². The average molecular weight is 350 g/mol. The van der Waals surface area contributed by atoms with E-state index in [9.17, 15) is 9.59 Å². The molecule has 0 fully saturated rings. The Morgan fingerprint density at radius 1 is 1.04 bits per heavy atom. The van der Waals surface area contributed by atoms with Gasteiger partial charge in [-0.1, -0.05) is 67.6 Å². The van der Waals surface area contributed by atoms with E-state index in [0.717, 1.165) is 11.1 Å². The quantitative estimate of drug-likeness (QED) is 0.762. The van der Waals surface area contributed by atoms with E-state index in [2.05, 4.69) is 0 Å². The summed E-state index contributed by atoms with van der Waals surface area (Å²) in [6.07, 6.45) is 2.16. The van der Waals surface area contributed by atoms with Crippen molar-refractivity contribution in [1.82, 2.24) is 0 Å². The van der Waals surface area contributed by atoms with Gasteiger partial charge in [-0.25, -0.2) is 0 Å². The number of esters is 2. The summed E-state index contributed by atoms with van der Waals surface area (Å²) in [6, 6.07) is 18.6. The molecule has 3 rings (SSSR count). The maximum atomic E-state index is 13.2. The van der Waals surface area contributed by atoms with E-state index in [-0.39, 0.29) is 6.61 Å². The summed E-state index contributed by atoms with van der Waals surface area (Å²) in [5, 5.41) is 0. The van der Waals surface area contributed by atoms with Crippen molar-refractivity contribution in [2.24, 2.45) is 5.92 Å². The van der Waals surface area contributed by atoms with Gasteiger partial charge in [0.15, 0.2) is 0 Å². The second-order valence-electron chi connectivity index (χ2n) is 6.21. The first kappa shape index (κ1) is 17.9. The number of ether oxygens (including phenoxy) is 2. The number of cyclic esters (lactones) is 1. The van der Waals surface area contributed by atoms with Gasteiger partial charge in [0.05, 0.1) is 12.5 Å². The van der Waals surface area contributed by atoms with Gasteiger partial charge in [-0.15, -0.1) is 0 Å². The van der Waals surface area contributed by atoms with Crippen molar-refractivity contribution >= 4 is 17.7 Å². The normalized spacial score (nSPS) is 22.3. The summed E-state index contributed by atoms with van der Waals surface area (Å²) in [5.41, 5.74) is 0.424. The lowest BCUT2D eigenvalue weighted by atomic mass is 9.67. The Morgan fingerprint density at radius 2 is 1.65 bits per heavy atom. The molecule has 0 aliphatic carbocycles. The minimum Gasteiger partial charge on any atom is -0.465 e. The molecule has 0 unspecified atom stereocenters. The van der Waals surface area contributed by atoms with Gasteiger partial charge in [0.25, 0.3) is 0 Å². The number of hydrogen-bond acceptors (Lipinski definition) is 4. The summed E-state index contributed by atoms with van der Waals surface area (Å²) in [5.74, 6) is -1.19. The topological polar surface area (TPSA) is 52.6 Å². The average Bonchev–Trinajstić information content (AvgIpc) is 2.69. The van der Waals surface area contributed by atoms with Crippen LogP contribution in [0, 0.1) is 5.92 Å². The molecule has 134 valence electrons. The molecule has 4 nitrogen and oxygen atoms in total. The smallest absolute Gasteiger partial charge is 0.323 e. The molecule has 1 aliphatic heterocycles. The Morgan fingerprint density at radius 3 is 2.23 bits per heavy atom. The summed E-state index contributed by atoms with van der Waals surface area (Å²) >= 11 is 0. The van der Waals surface area contributed by atoms with Crippen molar-refractivity contribution in [3.63, 3.8) is 0 Å².